The molecule has 0 heterocycles. The second-order valence-corrected chi connectivity index (χ2v) is 5.36. The highest BCUT2D eigenvalue weighted by Gasteiger charge is 2.21. The molecule has 0 radical (unpaired) electrons. The highest BCUT2D eigenvalue weighted by Crippen LogP contribution is 2.19. The predicted octanol–water partition coefficient (Wildman–Crippen LogP) is 2.52. The first-order valence-electron chi connectivity index (χ1n) is 5.77. The molecule has 0 atom stereocenters. The average molecular weight is 197 g/mol. The van der Waals surface area contributed by atoms with Gasteiger partial charge in [-0.1, -0.05) is 33.6 Å². The van der Waals surface area contributed by atoms with Crippen molar-refractivity contribution in [3.63, 3.8) is 0 Å². The van der Waals surface area contributed by atoms with E-state index >= 15 is 0 Å². The lowest BCUT2D eigenvalue weighted by Gasteiger charge is -2.17. The summed E-state index contributed by atoms with van der Waals surface area (Å²) >= 11 is 0. The summed E-state index contributed by atoms with van der Waals surface area (Å²) in [5.74, 6) is 0.364. The van der Waals surface area contributed by atoms with Crippen molar-refractivity contribution in [2.24, 2.45) is 5.41 Å². The van der Waals surface area contributed by atoms with Crippen molar-refractivity contribution < 1.29 is 4.79 Å². The van der Waals surface area contributed by atoms with Crippen LogP contribution in [-0.4, -0.2) is 18.4 Å². The number of Topliss-reactive ketones (excluding diaryl/α,β-unsaturated/α-hetero) is 1. The fourth-order valence-electron chi connectivity index (χ4n) is 1.89. The highest BCUT2D eigenvalue weighted by atomic mass is 16.1. The van der Waals surface area contributed by atoms with Crippen molar-refractivity contribution in [2.45, 2.75) is 58.9 Å². The zero-order valence-corrected chi connectivity index (χ0v) is 9.73. The third-order valence-corrected chi connectivity index (χ3v) is 2.98. The van der Waals surface area contributed by atoms with E-state index < -0.39 is 0 Å². The first kappa shape index (κ1) is 11.7. The minimum atomic E-state index is -0.169. The summed E-state index contributed by atoms with van der Waals surface area (Å²) in [5, 5.41) is 3.46. The Labute approximate surface area is 87.5 Å². The number of carbonyl (C=O) groups is 1. The normalized spacial score (nSPS) is 18.8. The molecule has 0 aromatic heterocycles. The van der Waals surface area contributed by atoms with Gasteiger partial charge in [0.05, 0.1) is 0 Å². The van der Waals surface area contributed by atoms with E-state index in [1.165, 1.54) is 25.7 Å². The molecule has 82 valence electrons. The smallest absolute Gasteiger partial charge is 0.139 e. The van der Waals surface area contributed by atoms with Gasteiger partial charge in [-0.25, -0.2) is 0 Å². The fourth-order valence-corrected chi connectivity index (χ4v) is 1.89. The van der Waals surface area contributed by atoms with E-state index in [0.29, 0.717) is 18.2 Å². The molecule has 0 aliphatic heterocycles. The Kier molecular flexibility index (Phi) is 4.11. The maximum Gasteiger partial charge on any atom is 0.139 e. The quantitative estimate of drug-likeness (QED) is 0.750. The molecule has 0 saturated heterocycles. The Morgan fingerprint density at radius 2 is 1.86 bits per heavy atom. The van der Waals surface area contributed by atoms with Gasteiger partial charge in [-0.2, -0.15) is 0 Å². The predicted molar refractivity (Wildman–Crippen MR) is 59.3 cm³/mol. The van der Waals surface area contributed by atoms with E-state index in [-0.39, 0.29) is 5.41 Å². The third-order valence-electron chi connectivity index (χ3n) is 2.98. The van der Waals surface area contributed by atoms with Gasteiger partial charge in [0.1, 0.15) is 5.78 Å². The van der Waals surface area contributed by atoms with Crippen molar-refractivity contribution in [3.05, 3.63) is 0 Å². The van der Waals surface area contributed by atoms with Crippen LogP contribution in [0.25, 0.3) is 0 Å². The van der Waals surface area contributed by atoms with Crippen LogP contribution in [0, 0.1) is 5.41 Å². The summed E-state index contributed by atoms with van der Waals surface area (Å²) in [4.78, 5) is 11.6. The fraction of sp³-hybridized carbons (Fsp3) is 0.917. The van der Waals surface area contributed by atoms with Crippen LogP contribution in [-0.2, 0) is 4.79 Å². The topological polar surface area (TPSA) is 29.1 Å². The van der Waals surface area contributed by atoms with Crippen LogP contribution in [0.1, 0.15) is 52.9 Å². The van der Waals surface area contributed by atoms with Crippen molar-refractivity contribution in [1.82, 2.24) is 5.32 Å². The van der Waals surface area contributed by atoms with Crippen LogP contribution < -0.4 is 5.32 Å². The van der Waals surface area contributed by atoms with Gasteiger partial charge >= 0.3 is 0 Å². The standard InChI is InChI=1S/C12H23NO/c1-12(2,3)11(14)8-9-13-10-6-4-5-7-10/h10,13H,4-9H2,1-3H3. The Bertz CT molecular complexity index is 187. The molecule has 1 aliphatic rings. The van der Waals surface area contributed by atoms with E-state index in [0.717, 1.165) is 6.54 Å². The van der Waals surface area contributed by atoms with E-state index in [2.05, 4.69) is 5.32 Å². The summed E-state index contributed by atoms with van der Waals surface area (Å²) in [6.45, 7) is 6.83. The van der Waals surface area contributed by atoms with Crippen molar-refractivity contribution in [2.75, 3.05) is 6.54 Å². The summed E-state index contributed by atoms with van der Waals surface area (Å²) < 4.78 is 0. The molecule has 14 heavy (non-hydrogen) atoms. The molecule has 0 spiro atoms. The van der Waals surface area contributed by atoms with Gasteiger partial charge in [0.15, 0.2) is 0 Å². The number of nitrogens with one attached hydrogen (secondary N) is 1. The number of hydrogen-bond donors (Lipinski definition) is 1. The van der Waals surface area contributed by atoms with Gasteiger partial charge in [0.25, 0.3) is 0 Å². The zero-order valence-electron chi connectivity index (χ0n) is 9.73. The molecule has 0 bridgehead atoms. The molecular weight excluding hydrogens is 174 g/mol. The first-order chi connectivity index (χ1) is 6.50. The van der Waals surface area contributed by atoms with E-state index in [4.69, 9.17) is 0 Å². The molecule has 1 fully saturated rings. The van der Waals surface area contributed by atoms with Crippen molar-refractivity contribution in [3.8, 4) is 0 Å². The lowest BCUT2D eigenvalue weighted by atomic mass is 9.89. The van der Waals surface area contributed by atoms with Crippen LogP contribution in [0.4, 0.5) is 0 Å². The number of ketones is 1. The number of carbonyl (C=O) groups excluding carboxylic acids is 1. The van der Waals surface area contributed by atoms with E-state index in [9.17, 15) is 4.79 Å². The summed E-state index contributed by atoms with van der Waals surface area (Å²) in [7, 11) is 0. The van der Waals surface area contributed by atoms with Crippen LogP contribution in [0.15, 0.2) is 0 Å². The largest absolute Gasteiger partial charge is 0.314 e. The Morgan fingerprint density at radius 1 is 1.29 bits per heavy atom. The van der Waals surface area contributed by atoms with Crippen molar-refractivity contribution in [1.29, 1.82) is 0 Å². The minimum Gasteiger partial charge on any atom is -0.314 e. The molecule has 1 aliphatic carbocycles. The van der Waals surface area contributed by atoms with Crippen LogP contribution in [0.3, 0.4) is 0 Å². The summed E-state index contributed by atoms with van der Waals surface area (Å²) in [6, 6.07) is 0.683. The minimum absolute atomic E-state index is 0.169. The molecule has 1 N–H and O–H groups in total. The SMILES string of the molecule is CC(C)(C)C(=O)CCNC1CCCC1. The second-order valence-electron chi connectivity index (χ2n) is 5.36. The van der Waals surface area contributed by atoms with Crippen LogP contribution in [0.5, 0.6) is 0 Å². The number of rotatable bonds is 4. The molecule has 1 rings (SSSR count). The molecule has 2 heteroatoms. The lowest BCUT2D eigenvalue weighted by molar-refractivity contribution is -0.126. The first-order valence-corrected chi connectivity index (χ1v) is 5.77. The summed E-state index contributed by atoms with van der Waals surface area (Å²) in [6.07, 6.45) is 5.98. The van der Waals surface area contributed by atoms with E-state index in [1.54, 1.807) is 0 Å². The molecule has 2 nitrogen and oxygen atoms in total. The maximum absolute atomic E-state index is 11.6. The Morgan fingerprint density at radius 3 is 2.36 bits per heavy atom. The molecule has 0 aromatic carbocycles. The van der Waals surface area contributed by atoms with Gasteiger partial charge in [-0.05, 0) is 12.8 Å². The maximum atomic E-state index is 11.6. The Balaban J connectivity index is 2.11. The molecule has 0 unspecified atom stereocenters. The molecule has 0 amide bonds. The highest BCUT2D eigenvalue weighted by molar-refractivity contribution is 5.83. The second kappa shape index (κ2) is 4.92. The third kappa shape index (κ3) is 3.79. The van der Waals surface area contributed by atoms with Gasteiger partial charge < -0.3 is 5.32 Å². The van der Waals surface area contributed by atoms with Gasteiger partial charge in [0.2, 0.25) is 0 Å². The van der Waals surface area contributed by atoms with Crippen LogP contribution >= 0.6 is 0 Å². The molecule has 0 aromatic rings. The average Bonchev–Trinajstić information content (AvgIpc) is 2.55. The molecular formula is C12H23NO. The van der Waals surface area contributed by atoms with Crippen LogP contribution in [0.2, 0.25) is 0 Å². The lowest BCUT2D eigenvalue weighted by Crippen LogP contribution is -2.31. The van der Waals surface area contributed by atoms with Crippen molar-refractivity contribution >= 4 is 5.78 Å². The molecule has 1 saturated carbocycles. The van der Waals surface area contributed by atoms with E-state index in [1.807, 2.05) is 20.8 Å². The van der Waals surface area contributed by atoms with Gasteiger partial charge in [0, 0.05) is 24.4 Å². The Hall–Kier alpha value is -0.370. The summed E-state index contributed by atoms with van der Waals surface area (Å²) in [5.41, 5.74) is -0.169. The number of hydrogen-bond acceptors (Lipinski definition) is 2. The van der Waals surface area contributed by atoms with Gasteiger partial charge in [-0.3, -0.25) is 4.79 Å². The zero-order chi connectivity index (χ0) is 10.6. The monoisotopic (exact) mass is 197 g/mol. The van der Waals surface area contributed by atoms with Gasteiger partial charge in [-0.15, -0.1) is 0 Å².